The van der Waals surface area contributed by atoms with Gasteiger partial charge < -0.3 is 0 Å². The molecule has 1 rings (SSSR count). The maximum Gasteiger partial charge on any atom is 0.0927 e. The van der Waals surface area contributed by atoms with Gasteiger partial charge in [-0.2, -0.15) is 0 Å². The molecule has 0 aromatic carbocycles. The molecule has 1 heterocycles. The lowest BCUT2D eigenvalue weighted by atomic mass is 10.5. The first kappa shape index (κ1) is 7.58. The SMILES string of the molecule is Clc1cccccccs1. The van der Waals surface area contributed by atoms with Crippen molar-refractivity contribution in [2.75, 3.05) is 0 Å². The Labute approximate surface area is 69.4 Å². The van der Waals surface area contributed by atoms with Crippen LogP contribution in [0.5, 0.6) is 0 Å². The zero-order chi connectivity index (χ0) is 7.23. The third-order valence-electron chi connectivity index (χ3n) is 0.931. The van der Waals surface area contributed by atoms with Crippen molar-refractivity contribution in [2.45, 2.75) is 0 Å². The van der Waals surface area contributed by atoms with E-state index in [1.54, 1.807) is 0 Å². The first-order chi connectivity index (χ1) is 4.89. The second-order valence-corrected chi connectivity index (χ2v) is 3.27. The largest absolute Gasteiger partial charge is 0.132 e. The van der Waals surface area contributed by atoms with E-state index >= 15 is 0 Å². The van der Waals surface area contributed by atoms with Crippen LogP contribution in [0, 0.1) is 0 Å². The van der Waals surface area contributed by atoms with E-state index in [9.17, 15) is 0 Å². The monoisotopic (exact) mass is 170 g/mol. The Hall–Kier alpha value is -0.530. The predicted octanol–water partition coefficient (Wildman–Crippen LogP) is 3.53. The molecule has 2 heteroatoms. The summed E-state index contributed by atoms with van der Waals surface area (Å²) < 4.78 is 0.788. The molecule has 52 valence electrons. The molecule has 0 N–H and O–H groups in total. The zero-order valence-electron chi connectivity index (χ0n) is 5.33. The summed E-state index contributed by atoms with van der Waals surface area (Å²) >= 11 is 7.27. The molecule has 0 unspecified atom stereocenters. The molecule has 10 heavy (non-hydrogen) atoms. The molecule has 0 bridgehead atoms. The van der Waals surface area contributed by atoms with Crippen LogP contribution in [0.15, 0.2) is 41.8 Å². The lowest BCUT2D eigenvalue weighted by Crippen LogP contribution is -1.42. The van der Waals surface area contributed by atoms with Gasteiger partial charge in [0.05, 0.1) is 4.34 Å². The Morgan fingerprint density at radius 3 is 2.60 bits per heavy atom. The van der Waals surface area contributed by atoms with Gasteiger partial charge in [0.25, 0.3) is 0 Å². The molecule has 0 saturated carbocycles. The van der Waals surface area contributed by atoms with E-state index in [0.717, 1.165) is 4.34 Å². The van der Waals surface area contributed by atoms with E-state index in [2.05, 4.69) is 0 Å². The number of rotatable bonds is 0. The third kappa shape index (κ3) is 2.85. The van der Waals surface area contributed by atoms with E-state index in [0.29, 0.717) is 0 Å². The van der Waals surface area contributed by atoms with E-state index in [4.69, 9.17) is 11.6 Å². The molecule has 1 aromatic rings. The van der Waals surface area contributed by atoms with Gasteiger partial charge in [-0.1, -0.05) is 41.9 Å². The highest BCUT2D eigenvalue weighted by molar-refractivity contribution is 7.13. The average molecular weight is 171 g/mol. The van der Waals surface area contributed by atoms with Crippen molar-refractivity contribution in [2.24, 2.45) is 0 Å². The van der Waals surface area contributed by atoms with Crippen molar-refractivity contribution in [1.82, 2.24) is 0 Å². The van der Waals surface area contributed by atoms with Gasteiger partial charge in [-0.25, -0.2) is 0 Å². The highest BCUT2D eigenvalue weighted by Gasteiger charge is 1.73. The van der Waals surface area contributed by atoms with Crippen molar-refractivity contribution >= 4 is 22.9 Å². The maximum atomic E-state index is 5.76. The lowest BCUT2D eigenvalue weighted by molar-refractivity contribution is 1.82. The fourth-order valence-electron chi connectivity index (χ4n) is 0.513. The maximum absolute atomic E-state index is 5.76. The summed E-state index contributed by atoms with van der Waals surface area (Å²) in [7, 11) is 0. The minimum atomic E-state index is 0.788. The summed E-state index contributed by atoms with van der Waals surface area (Å²) in [6.45, 7) is 0. The number of hydrogen-bond acceptors (Lipinski definition) is 1. The van der Waals surface area contributed by atoms with Gasteiger partial charge in [-0.15, -0.1) is 11.3 Å². The Kier molecular flexibility index (Phi) is 3.27. The Bertz CT molecular complexity index is 217. The summed E-state index contributed by atoms with van der Waals surface area (Å²) in [6.07, 6.45) is 0. The Balaban J connectivity index is 3.13. The lowest BCUT2D eigenvalue weighted by Gasteiger charge is -1.73. The molecule has 0 fully saturated rings. The van der Waals surface area contributed by atoms with Gasteiger partial charge >= 0.3 is 0 Å². The molecule has 0 saturated heterocycles. The first-order valence-corrected chi connectivity index (χ1v) is 4.18. The first-order valence-electron chi connectivity index (χ1n) is 2.92. The summed E-state index contributed by atoms with van der Waals surface area (Å²) in [5.74, 6) is 0. The van der Waals surface area contributed by atoms with Crippen LogP contribution < -0.4 is 0 Å². The van der Waals surface area contributed by atoms with Crippen molar-refractivity contribution < 1.29 is 0 Å². The summed E-state index contributed by atoms with van der Waals surface area (Å²) in [5, 5.41) is 1.95. The summed E-state index contributed by atoms with van der Waals surface area (Å²) in [6, 6.07) is 11.6. The molecule has 0 aliphatic heterocycles. The van der Waals surface area contributed by atoms with Gasteiger partial charge in [0.15, 0.2) is 0 Å². The normalized spacial score (nSPS) is 8.50. The quantitative estimate of drug-likeness (QED) is 0.559. The molecular formula is C8H7ClS. The molecule has 0 aliphatic carbocycles. The number of hydrogen-bond donors (Lipinski definition) is 0. The molecule has 0 radical (unpaired) electrons. The van der Waals surface area contributed by atoms with E-state index in [1.807, 2.05) is 41.8 Å². The minimum Gasteiger partial charge on any atom is -0.132 e. The molecule has 1 aromatic heterocycles. The van der Waals surface area contributed by atoms with Crippen LogP contribution in [0.25, 0.3) is 0 Å². The molecule has 0 spiro atoms. The van der Waals surface area contributed by atoms with Crippen molar-refractivity contribution in [1.29, 1.82) is 0 Å². The minimum absolute atomic E-state index is 0.788. The fourth-order valence-corrected chi connectivity index (χ4v) is 1.20. The third-order valence-corrected chi connectivity index (χ3v) is 1.98. The molecule has 0 atom stereocenters. The summed E-state index contributed by atoms with van der Waals surface area (Å²) in [5.41, 5.74) is 0. The van der Waals surface area contributed by atoms with Crippen LogP contribution in [0.1, 0.15) is 0 Å². The zero-order valence-corrected chi connectivity index (χ0v) is 6.90. The van der Waals surface area contributed by atoms with Gasteiger partial charge in [-0.3, -0.25) is 0 Å². The van der Waals surface area contributed by atoms with Crippen LogP contribution in [0.2, 0.25) is 4.34 Å². The van der Waals surface area contributed by atoms with Gasteiger partial charge in [0.2, 0.25) is 0 Å². The van der Waals surface area contributed by atoms with Crippen molar-refractivity contribution in [3.05, 3.63) is 46.1 Å². The molecular weight excluding hydrogens is 164 g/mol. The second-order valence-electron chi connectivity index (χ2n) is 1.69. The predicted molar refractivity (Wildman–Crippen MR) is 47.0 cm³/mol. The van der Waals surface area contributed by atoms with Gasteiger partial charge in [-0.05, 0) is 11.4 Å². The van der Waals surface area contributed by atoms with Crippen molar-refractivity contribution in [3.63, 3.8) is 0 Å². The molecule has 0 amide bonds. The average Bonchev–Trinajstić information content (AvgIpc) is 2.02. The second kappa shape index (κ2) is 4.31. The Morgan fingerprint density at radius 1 is 1.00 bits per heavy atom. The van der Waals surface area contributed by atoms with Crippen LogP contribution in [-0.4, -0.2) is 0 Å². The Morgan fingerprint density at radius 2 is 1.70 bits per heavy atom. The molecule has 0 nitrogen and oxygen atoms in total. The topological polar surface area (TPSA) is 0 Å². The number of halogens is 1. The fraction of sp³-hybridized carbons (Fsp3) is 0. The highest BCUT2D eigenvalue weighted by Crippen LogP contribution is 2.09. The summed E-state index contributed by atoms with van der Waals surface area (Å²) in [4.78, 5) is 0. The standard InChI is InChI=1S/C8H7ClS/c9-8-6-4-2-1-3-5-7-10-8/h1-7H. The van der Waals surface area contributed by atoms with Gasteiger partial charge in [0.1, 0.15) is 0 Å². The smallest absolute Gasteiger partial charge is 0.0927 e. The van der Waals surface area contributed by atoms with E-state index in [-0.39, 0.29) is 0 Å². The molecule has 0 aliphatic rings. The van der Waals surface area contributed by atoms with E-state index < -0.39 is 0 Å². The van der Waals surface area contributed by atoms with E-state index in [1.165, 1.54) is 11.3 Å². The van der Waals surface area contributed by atoms with Gasteiger partial charge in [0, 0.05) is 0 Å². The van der Waals surface area contributed by atoms with Crippen LogP contribution in [0.4, 0.5) is 0 Å². The van der Waals surface area contributed by atoms with Crippen LogP contribution >= 0.6 is 22.9 Å². The highest BCUT2D eigenvalue weighted by atomic mass is 35.5. The van der Waals surface area contributed by atoms with Crippen molar-refractivity contribution in [3.8, 4) is 0 Å². The van der Waals surface area contributed by atoms with Crippen LogP contribution in [0.3, 0.4) is 0 Å². The van der Waals surface area contributed by atoms with Crippen LogP contribution in [-0.2, 0) is 0 Å².